The van der Waals surface area contributed by atoms with Crippen molar-refractivity contribution in [3.05, 3.63) is 121 Å². The van der Waals surface area contributed by atoms with E-state index < -0.39 is 0 Å². The van der Waals surface area contributed by atoms with E-state index in [-0.39, 0.29) is 0 Å². The molecule has 0 aliphatic rings. The van der Waals surface area contributed by atoms with Crippen LogP contribution >= 0.6 is 0 Å². The average molecular weight is 434 g/mol. The van der Waals surface area contributed by atoms with Crippen molar-refractivity contribution >= 4 is 43.6 Å². The first-order valence-electron chi connectivity index (χ1n) is 11.4. The normalized spacial score (nSPS) is 11.5. The molecule has 0 fully saturated rings. The van der Waals surface area contributed by atoms with Gasteiger partial charge in [0.15, 0.2) is 0 Å². The van der Waals surface area contributed by atoms with Gasteiger partial charge in [0, 0.05) is 32.9 Å². The number of hydrogen-bond donors (Lipinski definition) is 0. The summed E-state index contributed by atoms with van der Waals surface area (Å²) >= 11 is 0. The number of benzene rings is 5. The third kappa shape index (κ3) is 2.51. The molecule has 0 N–H and O–H groups in total. The summed E-state index contributed by atoms with van der Waals surface area (Å²) in [6.45, 7) is 0. The van der Waals surface area contributed by atoms with Gasteiger partial charge in [-0.3, -0.25) is 0 Å². The Kier molecular flexibility index (Phi) is 3.91. The molecule has 0 atom stereocenters. The topological polar surface area (TPSA) is 33.6 Å². The van der Waals surface area contributed by atoms with Gasteiger partial charge in [-0.2, -0.15) is 5.26 Å². The maximum atomic E-state index is 9.33. The van der Waals surface area contributed by atoms with Gasteiger partial charge in [0.05, 0.1) is 33.7 Å². The van der Waals surface area contributed by atoms with E-state index in [0.717, 1.165) is 16.9 Å². The van der Waals surface area contributed by atoms with Gasteiger partial charge in [-0.05, 0) is 48.5 Å². The summed E-state index contributed by atoms with van der Waals surface area (Å²) < 4.78 is 4.72. The lowest BCUT2D eigenvalue weighted by Crippen LogP contribution is -1.98. The standard InChI is InChI=1S/C31H19N3/c32-20-21-14-16-23(17-15-21)34-29-13-7-5-11-25(29)27-19-18-26-24-10-4-6-12-28(24)33(30(26)31(27)34)22-8-2-1-3-9-22/h1-19H. The lowest BCUT2D eigenvalue weighted by atomic mass is 10.1. The molecule has 34 heavy (non-hydrogen) atoms. The van der Waals surface area contributed by atoms with Crippen molar-refractivity contribution in [2.45, 2.75) is 0 Å². The van der Waals surface area contributed by atoms with Crippen LogP contribution in [0.5, 0.6) is 0 Å². The summed E-state index contributed by atoms with van der Waals surface area (Å²) in [4.78, 5) is 0. The minimum absolute atomic E-state index is 0.660. The molecule has 0 unspecified atom stereocenters. The molecule has 2 aromatic heterocycles. The molecule has 0 saturated heterocycles. The van der Waals surface area contributed by atoms with Crippen LogP contribution in [0.25, 0.3) is 55.0 Å². The Balaban J connectivity index is 1.76. The zero-order valence-electron chi connectivity index (χ0n) is 18.3. The molecule has 0 aliphatic heterocycles. The lowest BCUT2D eigenvalue weighted by molar-refractivity contribution is 1.15. The van der Waals surface area contributed by atoms with Crippen LogP contribution in [0.1, 0.15) is 5.56 Å². The monoisotopic (exact) mass is 433 g/mol. The number of rotatable bonds is 2. The van der Waals surface area contributed by atoms with Crippen molar-refractivity contribution in [3.63, 3.8) is 0 Å². The minimum atomic E-state index is 0.660. The molecule has 3 nitrogen and oxygen atoms in total. The van der Waals surface area contributed by atoms with Crippen molar-refractivity contribution in [3.8, 4) is 17.4 Å². The number of para-hydroxylation sites is 3. The Morgan fingerprint density at radius 3 is 1.44 bits per heavy atom. The first-order chi connectivity index (χ1) is 16.8. The fraction of sp³-hybridized carbons (Fsp3) is 0. The van der Waals surface area contributed by atoms with E-state index in [2.05, 4.69) is 106 Å². The first kappa shape index (κ1) is 18.7. The molecule has 0 aliphatic carbocycles. The minimum Gasteiger partial charge on any atom is -0.307 e. The summed E-state index contributed by atoms with van der Waals surface area (Å²) in [5.41, 5.74) is 7.54. The van der Waals surface area contributed by atoms with E-state index in [1.54, 1.807) is 0 Å². The SMILES string of the molecule is N#Cc1ccc(-n2c3ccccc3c3ccc4c5ccccc5n(-c5ccccc5)c4c32)cc1. The molecule has 0 bridgehead atoms. The smallest absolute Gasteiger partial charge is 0.0991 e. The highest BCUT2D eigenvalue weighted by molar-refractivity contribution is 6.23. The largest absolute Gasteiger partial charge is 0.307 e. The molecule has 3 heteroatoms. The summed E-state index contributed by atoms with van der Waals surface area (Å²) in [6, 6.07) is 42.4. The van der Waals surface area contributed by atoms with Crippen molar-refractivity contribution in [1.82, 2.24) is 9.13 Å². The Bertz CT molecular complexity index is 1900. The van der Waals surface area contributed by atoms with E-state index in [9.17, 15) is 5.26 Å². The summed E-state index contributed by atoms with van der Waals surface area (Å²) in [5, 5.41) is 14.2. The third-order valence-corrected chi connectivity index (χ3v) is 6.74. The molecule has 0 spiro atoms. The molecule has 0 saturated carbocycles. The van der Waals surface area contributed by atoms with Crippen molar-refractivity contribution in [2.75, 3.05) is 0 Å². The average Bonchev–Trinajstić information content (AvgIpc) is 3.42. The molecule has 2 heterocycles. The highest BCUT2D eigenvalue weighted by Gasteiger charge is 2.20. The zero-order valence-corrected chi connectivity index (χ0v) is 18.3. The van der Waals surface area contributed by atoms with Crippen LogP contribution in [0.3, 0.4) is 0 Å². The highest BCUT2D eigenvalue weighted by atomic mass is 15.0. The maximum absolute atomic E-state index is 9.33. The molecular formula is C31H19N3. The van der Waals surface area contributed by atoms with Crippen LogP contribution in [0, 0.1) is 11.3 Å². The Morgan fingerprint density at radius 2 is 0.912 bits per heavy atom. The second-order valence-electron chi connectivity index (χ2n) is 8.56. The van der Waals surface area contributed by atoms with E-state index in [4.69, 9.17) is 0 Å². The second kappa shape index (κ2) is 7.10. The van der Waals surface area contributed by atoms with Gasteiger partial charge in [0.25, 0.3) is 0 Å². The Morgan fingerprint density at radius 1 is 0.441 bits per heavy atom. The second-order valence-corrected chi connectivity index (χ2v) is 8.56. The zero-order chi connectivity index (χ0) is 22.6. The van der Waals surface area contributed by atoms with E-state index >= 15 is 0 Å². The fourth-order valence-corrected chi connectivity index (χ4v) is 5.30. The summed E-state index contributed by atoms with van der Waals surface area (Å²) in [5.74, 6) is 0. The molecular weight excluding hydrogens is 414 g/mol. The van der Waals surface area contributed by atoms with Gasteiger partial charge < -0.3 is 9.13 Å². The third-order valence-electron chi connectivity index (χ3n) is 6.74. The number of fused-ring (bicyclic) bond motifs is 7. The predicted octanol–water partition coefficient (Wildman–Crippen LogP) is 7.75. The van der Waals surface area contributed by atoms with Gasteiger partial charge in [0.2, 0.25) is 0 Å². The molecule has 0 radical (unpaired) electrons. The van der Waals surface area contributed by atoms with Crippen molar-refractivity contribution in [2.24, 2.45) is 0 Å². The number of nitrogens with zero attached hydrogens (tertiary/aromatic N) is 3. The van der Waals surface area contributed by atoms with Gasteiger partial charge in [-0.15, -0.1) is 0 Å². The van der Waals surface area contributed by atoms with Crippen molar-refractivity contribution in [1.29, 1.82) is 5.26 Å². The summed E-state index contributed by atoms with van der Waals surface area (Å²) in [7, 11) is 0. The lowest BCUT2D eigenvalue weighted by Gasteiger charge is -2.12. The summed E-state index contributed by atoms with van der Waals surface area (Å²) in [6.07, 6.45) is 0. The van der Waals surface area contributed by atoms with Crippen LogP contribution in [0.15, 0.2) is 115 Å². The number of aromatic nitrogens is 2. The van der Waals surface area contributed by atoms with Crippen LogP contribution < -0.4 is 0 Å². The molecule has 5 aromatic carbocycles. The van der Waals surface area contributed by atoms with Gasteiger partial charge in [-0.25, -0.2) is 0 Å². The molecule has 158 valence electrons. The van der Waals surface area contributed by atoms with E-state index in [1.165, 1.54) is 38.1 Å². The van der Waals surface area contributed by atoms with Gasteiger partial charge >= 0.3 is 0 Å². The van der Waals surface area contributed by atoms with E-state index in [1.807, 2.05) is 24.3 Å². The van der Waals surface area contributed by atoms with E-state index in [0.29, 0.717) is 5.56 Å². The Labute approximate surface area is 196 Å². The molecule has 7 aromatic rings. The van der Waals surface area contributed by atoms with Crippen LogP contribution in [-0.4, -0.2) is 9.13 Å². The van der Waals surface area contributed by atoms with Crippen LogP contribution in [-0.2, 0) is 0 Å². The van der Waals surface area contributed by atoms with Crippen LogP contribution in [0.2, 0.25) is 0 Å². The van der Waals surface area contributed by atoms with Crippen molar-refractivity contribution < 1.29 is 0 Å². The number of hydrogen-bond acceptors (Lipinski definition) is 1. The Hall–Kier alpha value is -4.81. The molecule has 0 amide bonds. The quantitative estimate of drug-likeness (QED) is 0.274. The highest BCUT2D eigenvalue weighted by Crippen LogP contribution is 2.41. The maximum Gasteiger partial charge on any atom is 0.0991 e. The van der Waals surface area contributed by atoms with Gasteiger partial charge in [0.1, 0.15) is 0 Å². The van der Waals surface area contributed by atoms with Gasteiger partial charge in [-0.1, -0.05) is 66.7 Å². The van der Waals surface area contributed by atoms with Crippen LogP contribution in [0.4, 0.5) is 0 Å². The first-order valence-corrected chi connectivity index (χ1v) is 11.4. The number of nitriles is 1. The fourth-order valence-electron chi connectivity index (χ4n) is 5.30. The molecule has 7 rings (SSSR count). The predicted molar refractivity (Wildman–Crippen MR) is 140 cm³/mol.